The van der Waals surface area contributed by atoms with Crippen LogP contribution in [0.15, 0.2) is 35.4 Å². The maximum absolute atomic E-state index is 13.1. The first-order valence-electron chi connectivity index (χ1n) is 11.5. The van der Waals surface area contributed by atoms with E-state index in [1.54, 1.807) is 34.5 Å². The van der Waals surface area contributed by atoms with E-state index < -0.39 is 0 Å². The zero-order valence-corrected chi connectivity index (χ0v) is 18.9. The Morgan fingerprint density at radius 1 is 1.27 bits per heavy atom. The summed E-state index contributed by atoms with van der Waals surface area (Å²) in [6.45, 7) is 3.40. The predicted molar refractivity (Wildman–Crippen MR) is 125 cm³/mol. The molecular formula is C23H29N7O3. The third-order valence-electron chi connectivity index (χ3n) is 6.68. The van der Waals surface area contributed by atoms with E-state index in [9.17, 15) is 9.59 Å². The van der Waals surface area contributed by atoms with Crippen LogP contribution in [0.2, 0.25) is 0 Å². The second-order valence-corrected chi connectivity index (χ2v) is 8.84. The lowest BCUT2D eigenvalue weighted by atomic mass is 9.81. The lowest BCUT2D eigenvalue weighted by Gasteiger charge is -2.34. The number of carbonyl (C=O) groups is 1. The molecule has 174 valence electrons. The summed E-state index contributed by atoms with van der Waals surface area (Å²) < 4.78 is 8.86. The number of pyridine rings is 1. The smallest absolute Gasteiger partial charge is 0.274 e. The highest BCUT2D eigenvalue weighted by atomic mass is 16.5. The molecule has 4 heterocycles. The minimum absolute atomic E-state index is 0.0235. The summed E-state index contributed by atoms with van der Waals surface area (Å²) in [4.78, 5) is 30.7. The minimum Gasteiger partial charge on any atom is -0.379 e. The number of nitrogens with one attached hydrogen (secondary N) is 3. The van der Waals surface area contributed by atoms with Crippen LogP contribution in [-0.4, -0.2) is 51.4 Å². The number of nitrogens with zero attached hydrogens (tertiary/aromatic N) is 4. The van der Waals surface area contributed by atoms with Crippen LogP contribution in [0.5, 0.6) is 0 Å². The van der Waals surface area contributed by atoms with Gasteiger partial charge in [-0.2, -0.15) is 9.61 Å². The van der Waals surface area contributed by atoms with E-state index >= 15 is 0 Å². The number of aromatic nitrogens is 4. The van der Waals surface area contributed by atoms with Crippen molar-refractivity contribution in [3.63, 3.8) is 0 Å². The Morgan fingerprint density at radius 2 is 2.15 bits per heavy atom. The summed E-state index contributed by atoms with van der Waals surface area (Å²) in [7, 11) is 1.77. The van der Waals surface area contributed by atoms with Gasteiger partial charge in [0.2, 0.25) is 0 Å². The molecule has 3 aromatic heterocycles. The van der Waals surface area contributed by atoms with Crippen molar-refractivity contribution in [2.24, 2.45) is 5.92 Å². The highest BCUT2D eigenvalue weighted by Gasteiger charge is 2.29. The van der Waals surface area contributed by atoms with Crippen LogP contribution in [0.4, 0.5) is 17.3 Å². The van der Waals surface area contributed by atoms with Gasteiger partial charge in [0.25, 0.3) is 11.5 Å². The van der Waals surface area contributed by atoms with Crippen molar-refractivity contribution >= 4 is 28.9 Å². The molecule has 1 aliphatic carbocycles. The summed E-state index contributed by atoms with van der Waals surface area (Å²) in [5, 5.41) is 13.7. The number of anilines is 3. The third kappa shape index (κ3) is 4.06. The molecular weight excluding hydrogens is 422 g/mol. The summed E-state index contributed by atoms with van der Waals surface area (Å²) in [5.41, 5.74) is 1.10. The Morgan fingerprint density at radius 3 is 2.85 bits per heavy atom. The van der Waals surface area contributed by atoms with Crippen molar-refractivity contribution in [3.8, 4) is 0 Å². The normalized spacial score (nSPS) is 22.5. The molecule has 1 amide bonds. The van der Waals surface area contributed by atoms with Crippen LogP contribution in [-0.2, 0) is 4.74 Å². The first-order chi connectivity index (χ1) is 16.0. The lowest BCUT2D eigenvalue weighted by molar-refractivity contribution is 0.0581. The molecule has 3 N–H and O–H groups in total. The van der Waals surface area contributed by atoms with Crippen molar-refractivity contribution in [1.29, 1.82) is 0 Å². The van der Waals surface area contributed by atoms with Gasteiger partial charge >= 0.3 is 0 Å². The summed E-state index contributed by atoms with van der Waals surface area (Å²) in [6, 6.07) is 5.54. The van der Waals surface area contributed by atoms with Crippen LogP contribution in [0.1, 0.15) is 49.0 Å². The summed E-state index contributed by atoms with van der Waals surface area (Å²) in [6.07, 6.45) is 7.28. The van der Waals surface area contributed by atoms with E-state index in [2.05, 4.69) is 33.0 Å². The largest absolute Gasteiger partial charge is 0.379 e. The second-order valence-electron chi connectivity index (χ2n) is 8.84. The number of carbonyl (C=O) groups excluding carboxylic acids is 1. The van der Waals surface area contributed by atoms with Gasteiger partial charge < -0.3 is 25.3 Å². The van der Waals surface area contributed by atoms with Gasteiger partial charge in [0.05, 0.1) is 18.8 Å². The fourth-order valence-electron chi connectivity index (χ4n) is 4.47. The lowest BCUT2D eigenvalue weighted by Crippen LogP contribution is -2.45. The minimum atomic E-state index is -0.187. The van der Waals surface area contributed by atoms with Gasteiger partial charge in [-0.15, -0.1) is 0 Å². The fraction of sp³-hybridized carbons (Fsp3) is 0.478. The number of ether oxygens (including phenoxy) is 1. The number of fused-ring (bicyclic) bond motifs is 1. The van der Waals surface area contributed by atoms with Crippen molar-refractivity contribution in [1.82, 2.24) is 24.5 Å². The van der Waals surface area contributed by atoms with E-state index in [4.69, 9.17) is 4.74 Å². The first-order valence-corrected chi connectivity index (χ1v) is 11.5. The molecule has 10 nitrogen and oxygen atoms in total. The molecule has 2 unspecified atom stereocenters. The third-order valence-corrected chi connectivity index (χ3v) is 6.68. The highest BCUT2D eigenvalue weighted by molar-refractivity contribution is 6.00. The number of hydrogen-bond acceptors (Lipinski definition) is 7. The van der Waals surface area contributed by atoms with Gasteiger partial charge in [-0.25, -0.2) is 4.98 Å². The number of amides is 1. The van der Waals surface area contributed by atoms with E-state index in [0.29, 0.717) is 41.1 Å². The number of hydrogen-bond donors (Lipinski definition) is 3. The maximum Gasteiger partial charge on any atom is 0.274 e. The van der Waals surface area contributed by atoms with E-state index in [0.717, 1.165) is 32.3 Å². The van der Waals surface area contributed by atoms with Crippen LogP contribution >= 0.6 is 0 Å². The summed E-state index contributed by atoms with van der Waals surface area (Å²) >= 11 is 0. The molecule has 33 heavy (non-hydrogen) atoms. The zero-order valence-electron chi connectivity index (χ0n) is 18.9. The monoisotopic (exact) mass is 451 g/mol. The average molecular weight is 452 g/mol. The first kappa shape index (κ1) is 21.4. The van der Waals surface area contributed by atoms with Gasteiger partial charge in [-0.1, -0.05) is 6.92 Å². The van der Waals surface area contributed by atoms with Crippen molar-refractivity contribution < 1.29 is 9.53 Å². The average Bonchev–Trinajstić information content (AvgIpc) is 3.27. The Balaban J connectivity index is 1.46. The highest BCUT2D eigenvalue weighted by Crippen LogP contribution is 2.27. The van der Waals surface area contributed by atoms with E-state index in [1.807, 2.05) is 6.07 Å². The topological polar surface area (TPSA) is 115 Å². The van der Waals surface area contributed by atoms with Crippen LogP contribution in [0, 0.1) is 5.92 Å². The molecule has 0 spiro atoms. The molecule has 1 saturated carbocycles. The molecule has 1 saturated heterocycles. The molecule has 2 aliphatic rings. The van der Waals surface area contributed by atoms with Crippen molar-refractivity contribution in [2.45, 2.75) is 44.7 Å². The molecule has 3 atom stereocenters. The molecule has 1 aliphatic heterocycles. The van der Waals surface area contributed by atoms with Crippen LogP contribution < -0.4 is 21.5 Å². The molecule has 0 aromatic carbocycles. The Labute approximate surface area is 191 Å². The van der Waals surface area contributed by atoms with Crippen molar-refractivity contribution in [2.75, 3.05) is 30.9 Å². The quantitative estimate of drug-likeness (QED) is 0.528. The molecule has 2 fully saturated rings. The van der Waals surface area contributed by atoms with Crippen LogP contribution in [0.25, 0.3) is 5.65 Å². The van der Waals surface area contributed by atoms with Gasteiger partial charge in [0.1, 0.15) is 22.9 Å². The molecule has 3 aromatic rings. The van der Waals surface area contributed by atoms with Crippen LogP contribution in [0.3, 0.4) is 0 Å². The molecule has 5 rings (SSSR count). The Kier molecular flexibility index (Phi) is 5.76. The molecule has 10 heteroatoms. The zero-order chi connectivity index (χ0) is 22.9. The second kappa shape index (κ2) is 8.86. The van der Waals surface area contributed by atoms with E-state index in [1.165, 1.54) is 6.20 Å². The standard InChI is InChI=1S/C23H29N7O3/c1-14-7-8-17(14)27-22(31)16-12-25-30-20(24-2)11-19(28-21(16)30)26-18-6-3-9-29(23(18)32)15-5-4-10-33-13-15/h3,6,9,11-12,14-15,17,24H,4-5,7-8,10,13H2,1-2H3,(H,26,28)(H,27,31)/t14?,15-,17?/m1/s1. The molecule has 0 bridgehead atoms. The van der Waals surface area contributed by atoms with Gasteiger partial charge in [0.15, 0.2) is 5.65 Å². The van der Waals surface area contributed by atoms with Gasteiger partial charge in [-0.05, 0) is 43.7 Å². The molecule has 0 radical (unpaired) electrons. The number of rotatable bonds is 6. The summed E-state index contributed by atoms with van der Waals surface area (Å²) in [5.74, 6) is 1.39. The maximum atomic E-state index is 13.1. The SMILES string of the molecule is CNc1cc(Nc2cccn([C@@H]3CCCOC3)c2=O)nc2c(C(=O)NC3CCC3C)cnn12. The fourth-order valence-corrected chi connectivity index (χ4v) is 4.47. The predicted octanol–water partition coefficient (Wildman–Crippen LogP) is 2.56. The van der Waals surface area contributed by atoms with Gasteiger partial charge in [0, 0.05) is 32.0 Å². The van der Waals surface area contributed by atoms with Crippen molar-refractivity contribution in [3.05, 3.63) is 46.5 Å². The Bertz CT molecular complexity index is 1230. The Hall–Kier alpha value is -3.40. The van der Waals surface area contributed by atoms with E-state index in [-0.39, 0.29) is 23.6 Å². The van der Waals surface area contributed by atoms with Gasteiger partial charge in [-0.3, -0.25) is 9.59 Å².